The second-order valence-corrected chi connectivity index (χ2v) is 12.4. The second kappa shape index (κ2) is 10.1. The lowest BCUT2D eigenvalue weighted by molar-refractivity contribution is -0.134. The predicted molar refractivity (Wildman–Crippen MR) is 155 cm³/mol. The van der Waals surface area contributed by atoms with Crippen LogP contribution in [-0.4, -0.2) is 31.6 Å². The van der Waals surface area contributed by atoms with Gasteiger partial charge in [-0.1, -0.05) is 64.3 Å². The Hall–Kier alpha value is -2.58. The number of amides is 2. The molecule has 6 rings (SSSR count). The van der Waals surface area contributed by atoms with Gasteiger partial charge in [-0.15, -0.1) is 0 Å². The van der Waals surface area contributed by atoms with Gasteiger partial charge in [0.05, 0.1) is 31.3 Å². The molecule has 3 aromatic rings. The minimum absolute atomic E-state index is 0.0464. The fourth-order valence-electron chi connectivity index (χ4n) is 6.16. The molecule has 1 spiro atoms. The molecule has 2 saturated heterocycles. The van der Waals surface area contributed by atoms with Gasteiger partial charge in [-0.25, -0.2) is 0 Å². The molecule has 3 aliphatic heterocycles. The molecule has 0 saturated carbocycles. The van der Waals surface area contributed by atoms with Crippen LogP contribution >= 0.6 is 39.1 Å². The molecule has 3 aliphatic rings. The SMILES string of the molecule is CCC1(COc2ccc(Br)cc2[C@H]2NC(=O)C[C@@H](c3cccc(Cl)c3)[C@]23C(=O)Nc2cc(Cl)ccc23)COC1. The number of ether oxygens (including phenoxy) is 2. The first-order valence-electron chi connectivity index (χ1n) is 12.9. The summed E-state index contributed by atoms with van der Waals surface area (Å²) in [6.07, 6.45) is 1.04. The maximum absolute atomic E-state index is 14.3. The van der Waals surface area contributed by atoms with Crippen molar-refractivity contribution in [3.63, 3.8) is 0 Å². The van der Waals surface area contributed by atoms with Crippen molar-refractivity contribution < 1.29 is 19.1 Å². The van der Waals surface area contributed by atoms with Crippen LogP contribution in [0.3, 0.4) is 0 Å². The van der Waals surface area contributed by atoms with Crippen LogP contribution in [0.1, 0.15) is 48.4 Å². The van der Waals surface area contributed by atoms with Gasteiger partial charge in [-0.2, -0.15) is 0 Å². The number of benzene rings is 3. The number of piperidine rings is 1. The molecular formula is C30H27BrCl2N2O4. The molecule has 0 aromatic heterocycles. The summed E-state index contributed by atoms with van der Waals surface area (Å²) >= 11 is 16.4. The summed E-state index contributed by atoms with van der Waals surface area (Å²) in [6, 6.07) is 17.8. The minimum Gasteiger partial charge on any atom is -0.492 e. The molecule has 0 aliphatic carbocycles. The average molecular weight is 630 g/mol. The van der Waals surface area contributed by atoms with Crippen molar-refractivity contribution >= 4 is 56.6 Å². The summed E-state index contributed by atoms with van der Waals surface area (Å²) in [5.41, 5.74) is 1.71. The quantitative estimate of drug-likeness (QED) is 0.315. The molecule has 3 heterocycles. The zero-order valence-corrected chi connectivity index (χ0v) is 24.3. The summed E-state index contributed by atoms with van der Waals surface area (Å²) in [6.45, 7) is 3.90. The van der Waals surface area contributed by atoms with Crippen molar-refractivity contribution in [1.29, 1.82) is 0 Å². The molecule has 3 atom stereocenters. The maximum Gasteiger partial charge on any atom is 0.238 e. The van der Waals surface area contributed by atoms with Crippen molar-refractivity contribution in [3.8, 4) is 5.75 Å². The van der Waals surface area contributed by atoms with Gasteiger partial charge < -0.3 is 20.1 Å². The Morgan fingerprint density at radius 3 is 2.56 bits per heavy atom. The molecule has 6 nitrogen and oxygen atoms in total. The highest BCUT2D eigenvalue weighted by atomic mass is 79.9. The first kappa shape index (κ1) is 26.6. The van der Waals surface area contributed by atoms with Gasteiger partial charge >= 0.3 is 0 Å². The third-order valence-electron chi connectivity index (χ3n) is 8.39. The molecule has 2 N–H and O–H groups in total. The zero-order valence-electron chi connectivity index (χ0n) is 21.2. The molecular weight excluding hydrogens is 603 g/mol. The monoisotopic (exact) mass is 628 g/mol. The number of nitrogens with one attached hydrogen (secondary N) is 2. The highest BCUT2D eigenvalue weighted by Gasteiger charge is 2.61. The van der Waals surface area contributed by atoms with Crippen LogP contribution in [-0.2, 0) is 19.7 Å². The first-order chi connectivity index (χ1) is 18.8. The largest absolute Gasteiger partial charge is 0.492 e. The molecule has 9 heteroatoms. The lowest BCUT2D eigenvalue weighted by Gasteiger charge is -2.47. The lowest BCUT2D eigenvalue weighted by atomic mass is 9.59. The van der Waals surface area contributed by atoms with Gasteiger partial charge in [0.2, 0.25) is 11.8 Å². The molecule has 0 radical (unpaired) electrons. The Bertz CT molecular complexity index is 1470. The Balaban J connectivity index is 1.55. The zero-order chi connectivity index (χ0) is 27.4. The van der Waals surface area contributed by atoms with E-state index in [1.54, 1.807) is 18.2 Å². The van der Waals surface area contributed by atoms with Crippen LogP contribution in [0.2, 0.25) is 10.0 Å². The number of anilines is 1. The van der Waals surface area contributed by atoms with E-state index in [0.717, 1.165) is 22.0 Å². The van der Waals surface area contributed by atoms with Crippen molar-refractivity contribution in [3.05, 3.63) is 91.9 Å². The van der Waals surface area contributed by atoms with Crippen LogP contribution in [0.4, 0.5) is 5.69 Å². The third-order valence-corrected chi connectivity index (χ3v) is 9.35. The van der Waals surface area contributed by atoms with Crippen molar-refractivity contribution in [2.24, 2.45) is 5.41 Å². The standard InChI is InChI=1S/C30H27BrCl2N2O4/c1-2-29(14-38-15-29)16-39-25-9-6-18(31)11-21(25)27-30(22-8-7-20(33)12-24(22)34-28(30)37)23(13-26(36)35-27)17-4-3-5-19(32)10-17/h3-12,23,27H,2,13-16H2,1H3,(H,34,37)(H,35,36)/t23-,27+,30-/m0/s1. The van der Waals surface area contributed by atoms with E-state index >= 15 is 0 Å². The van der Waals surface area contributed by atoms with E-state index in [4.69, 9.17) is 32.7 Å². The van der Waals surface area contributed by atoms with Crippen LogP contribution in [0, 0.1) is 5.41 Å². The minimum atomic E-state index is -1.18. The van der Waals surface area contributed by atoms with Gasteiger partial charge in [0.25, 0.3) is 0 Å². The molecule has 0 unspecified atom stereocenters. The van der Waals surface area contributed by atoms with Crippen molar-refractivity contribution in [2.45, 2.75) is 37.1 Å². The van der Waals surface area contributed by atoms with Crippen LogP contribution < -0.4 is 15.4 Å². The summed E-state index contributed by atoms with van der Waals surface area (Å²) in [5, 5.41) is 7.31. The van der Waals surface area contributed by atoms with E-state index in [1.165, 1.54) is 0 Å². The molecule has 3 aromatic carbocycles. The van der Waals surface area contributed by atoms with Gasteiger partial charge in [0.1, 0.15) is 11.2 Å². The Labute approximate surface area is 245 Å². The summed E-state index contributed by atoms with van der Waals surface area (Å²) in [4.78, 5) is 27.7. The highest BCUT2D eigenvalue weighted by Crippen LogP contribution is 2.58. The van der Waals surface area contributed by atoms with Gasteiger partial charge in [0.15, 0.2) is 0 Å². The van der Waals surface area contributed by atoms with E-state index in [9.17, 15) is 9.59 Å². The predicted octanol–water partition coefficient (Wildman–Crippen LogP) is 6.80. The van der Waals surface area contributed by atoms with Crippen LogP contribution in [0.25, 0.3) is 0 Å². The number of fused-ring (bicyclic) bond motifs is 2. The topological polar surface area (TPSA) is 76.7 Å². The first-order valence-corrected chi connectivity index (χ1v) is 14.5. The maximum atomic E-state index is 14.3. The van der Waals surface area contributed by atoms with Gasteiger partial charge in [-0.05, 0) is 60.0 Å². The number of hydrogen-bond acceptors (Lipinski definition) is 4. The Kier molecular flexibility index (Phi) is 6.91. The Morgan fingerprint density at radius 2 is 1.85 bits per heavy atom. The number of rotatable bonds is 6. The summed E-state index contributed by atoms with van der Waals surface area (Å²) < 4.78 is 12.8. The number of halogens is 3. The molecule has 2 amide bonds. The van der Waals surface area contributed by atoms with E-state index in [2.05, 4.69) is 33.5 Å². The van der Waals surface area contributed by atoms with E-state index < -0.39 is 17.4 Å². The Morgan fingerprint density at radius 1 is 1.05 bits per heavy atom. The molecule has 202 valence electrons. The fraction of sp³-hybridized carbons (Fsp3) is 0.333. The highest BCUT2D eigenvalue weighted by molar-refractivity contribution is 9.10. The molecule has 2 fully saturated rings. The smallest absolute Gasteiger partial charge is 0.238 e. The van der Waals surface area contributed by atoms with Gasteiger partial charge in [0, 0.05) is 38.1 Å². The number of carbonyl (C=O) groups is 2. The van der Waals surface area contributed by atoms with E-state index in [-0.39, 0.29) is 23.7 Å². The third kappa shape index (κ3) is 4.44. The van der Waals surface area contributed by atoms with Gasteiger partial charge in [-0.3, -0.25) is 9.59 Å². The lowest BCUT2D eigenvalue weighted by Crippen LogP contribution is -2.57. The number of carbonyl (C=O) groups excluding carboxylic acids is 2. The summed E-state index contributed by atoms with van der Waals surface area (Å²) in [5.74, 6) is -0.247. The second-order valence-electron chi connectivity index (χ2n) is 10.6. The van der Waals surface area contributed by atoms with Crippen LogP contribution in [0.5, 0.6) is 5.75 Å². The molecule has 0 bridgehead atoms. The van der Waals surface area contributed by atoms with E-state index in [1.807, 2.05) is 42.5 Å². The van der Waals surface area contributed by atoms with Crippen LogP contribution in [0.15, 0.2) is 65.1 Å². The van der Waals surface area contributed by atoms with Crippen molar-refractivity contribution in [1.82, 2.24) is 5.32 Å². The molecule has 39 heavy (non-hydrogen) atoms. The van der Waals surface area contributed by atoms with Crippen molar-refractivity contribution in [2.75, 3.05) is 25.1 Å². The summed E-state index contributed by atoms with van der Waals surface area (Å²) in [7, 11) is 0. The van der Waals surface area contributed by atoms with E-state index in [0.29, 0.717) is 46.9 Å². The number of hydrogen-bond donors (Lipinski definition) is 2. The average Bonchev–Trinajstić information content (AvgIpc) is 3.16. The fourth-order valence-corrected chi connectivity index (χ4v) is 6.91. The normalized spacial score (nSPS) is 25.0.